The third-order valence-electron chi connectivity index (χ3n) is 6.18. The first kappa shape index (κ1) is 12.9. The van der Waals surface area contributed by atoms with Gasteiger partial charge in [0.25, 0.3) is 0 Å². The Morgan fingerprint density at radius 3 is 3.00 bits per heavy atom. The topological polar surface area (TPSA) is 0 Å². The Kier molecular flexibility index (Phi) is 2.80. The number of rotatable bonds is 0. The monoisotopic (exact) mass is 407 g/mol. The molecule has 2 saturated carbocycles. The van der Waals surface area contributed by atoms with Crippen molar-refractivity contribution in [1.29, 1.82) is 0 Å². The van der Waals surface area contributed by atoms with Gasteiger partial charge in [-0.25, -0.2) is 12.2 Å². The second-order valence-electron chi connectivity index (χ2n) is 6.52. The van der Waals surface area contributed by atoms with Gasteiger partial charge < -0.3 is 0 Å². The molecule has 0 radical (unpaired) electrons. The molecule has 4 aliphatic carbocycles. The van der Waals surface area contributed by atoms with E-state index in [2.05, 4.69) is 49.4 Å². The molecule has 1 spiro atoms. The molecule has 0 aromatic heterocycles. The molecule has 1 heteroatoms. The molecule has 1 aromatic carbocycles. The van der Waals surface area contributed by atoms with Crippen LogP contribution in [0.5, 0.6) is 0 Å². The smallest absolute Gasteiger partial charge is 0.00490 e. The van der Waals surface area contributed by atoms with Crippen LogP contribution in [0.3, 0.4) is 0 Å². The van der Waals surface area contributed by atoms with Crippen molar-refractivity contribution in [1.82, 2.24) is 0 Å². The van der Waals surface area contributed by atoms with Gasteiger partial charge in [-0.05, 0) is 54.2 Å². The Balaban J connectivity index is 0.000000968. The zero-order valence-corrected chi connectivity index (χ0v) is 12.7. The minimum absolute atomic E-state index is 0. The molecule has 2 fully saturated rings. The maximum absolute atomic E-state index is 3.66. The van der Waals surface area contributed by atoms with E-state index in [1.54, 1.807) is 11.1 Å². The van der Waals surface area contributed by atoms with E-state index < -0.39 is 0 Å². The van der Waals surface area contributed by atoms with Crippen molar-refractivity contribution in [3.05, 3.63) is 59.2 Å². The van der Waals surface area contributed by atoms with Gasteiger partial charge in [0, 0.05) is 52.3 Å². The van der Waals surface area contributed by atoms with Crippen LogP contribution < -0.4 is 0 Å². The normalized spacial score (nSPS) is 43.0. The molecule has 104 valence electrons. The van der Waals surface area contributed by atoms with Gasteiger partial charge in [-0.2, -0.15) is 6.08 Å². The Bertz CT molecular complexity index is 612. The molecule has 0 heterocycles. The van der Waals surface area contributed by atoms with Crippen molar-refractivity contribution in [2.45, 2.75) is 31.1 Å². The van der Waals surface area contributed by atoms with Crippen molar-refractivity contribution in [2.75, 3.05) is 0 Å². The average molecular weight is 406 g/mol. The Morgan fingerprint density at radius 1 is 1.32 bits per heavy atom. The molecule has 0 aliphatic heterocycles. The Labute approximate surface area is 153 Å². The number of benzene rings is 1. The first-order valence-corrected chi connectivity index (χ1v) is 7.20. The fourth-order valence-electron chi connectivity index (χ4n) is 5.51. The predicted octanol–water partition coefficient (Wildman–Crippen LogP) is 3.92. The minimum atomic E-state index is 0. The summed E-state index contributed by atoms with van der Waals surface area (Å²) in [7, 11) is 0. The van der Waals surface area contributed by atoms with Crippen molar-refractivity contribution in [3.8, 4) is 0 Å². The van der Waals surface area contributed by atoms with E-state index in [4.69, 9.17) is 0 Å². The van der Waals surface area contributed by atoms with Crippen LogP contribution in [0.2, 0.25) is 0 Å². The van der Waals surface area contributed by atoms with Gasteiger partial charge in [-0.1, -0.05) is 24.1 Å². The van der Waals surface area contributed by atoms with E-state index in [1.807, 2.05) is 0 Å². The summed E-state index contributed by atoms with van der Waals surface area (Å²) < 4.78 is 0. The fourth-order valence-corrected chi connectivity index (χ4v) is 5.51. The number of allylic oxidation sites excluding steroid dienone is 4. The number of fused-ring (bicyclic) bond motifs is 5. The second-order valence-corrected chi connectivity index (χ2v) is 6.52. The largest absolute Gasteiger partial charge is 0.271 e. The van der Waals surface area contributed by atoms with Crippen molar-refractivity contribution in [2.24, 2.45) is 17.8 Å². The predicted molar refractivity (Wildman–Crippen MR) is 72.3 cm³/mol. The minimum Gasteiger partial charge on any atom is -0.271 e. The van der Waals surface area contributed by atoms with E-state index in [1.165, 1.54) is 18.4 Å². The van der Waals surface area contributed by atoms with Gasteiger partial charge in [0.15, 0.2) is 0 Å². The summed E-state index contributed by atoms with van der Waals surface area (Å²) in [4.78, 5) is 0. The van der Waals surface area contributed by atoms with Crippen molar-refractivity contribution >= 4 is 0 Å². The van der Waals surface area contributed by atoms with Crippen LogP contribution in [-0.4, -0.2) is 0 Å². The molecule has 5 atom stereocenters. The molecule has 4 aliphatic rings. The first-order valence-electron chi connectivity index (χ1n) is 7.20. The third kappa shape index (κ3) is 1.28. The average Bonchev–Trinajstić information content (AvgIpc) is 2.47. The van der Waals surface area contributed by atoms with E-state index in [9.17, 15) is 0 Å². The fraction of sp³-hybridized carbons (Fsp3) is 0.444. The molecule has 0 saturated heterocycles. The van der Waals surface area contributed by atoms with Crippen LogP contribution in [-0.2, 0) is 5.41 Å². The van der Waals surface area contributed by atoms with Gasteiger partial charge in [0.1, 0.15) is 0 Å². The van der Waals surface area contributed by atoms with Crippen molar-refractivity contribution in [3.63, 3.8) is 0 Å². The number of hydrogen-bond acceptors (Lipinski definition) is 0. The molecule has 0 amide bonds. The van der Waals surface area contributed by atoms with Gasteiger partial charge >= 0.3 is 0 Å². The van der Waals surface area contributed by atoms with E-state index in [0.717, 1.165) is 17.8 Å². The van der Waals surface area contributed by atoms with E-state index in [0.29, 0.717) is 11.3 Å². The summed E-state index contributed by atoms with van der Waals surface area (Å²) in [6, 6.07) is 6.94. The quantitative estimate of drug-likeness (QED) is 0.573. The molecule has 19 heavy (non-hydrogen) atoms. The number of aryl methyl sites for hydroxylation is 1. The Hall–Kier alpha value is 0.219. The maximum Gasteiger partial charge on any atom is 0.00490 e. The molecule has 0 nitrogen and oxygen atoms in total. The first-order chi connectivity index (χ1) is 8.84. The van der Waals surface area contributed by atoms with Gasteiger partial charge in [0.2, 0.25) is 0 Å². The van der Waals surface area contributed by atoms with Crippen LogP contribution in [0.25, 0.3) is 0 Å². The standard InChI is InChI=1S/C18H17.Yb/c1-11-5-4-8-15-16(11)17-13-7-3-2-6-12(13)14-9-10-18(14,15)17;/h2-6,8,12-14,17H,9-10H2,1H3;/q-1;. The summed E-state index contributed by atoms with van der Waals surface area (Å²) in [6.07, 6.45) is 13.3. The van der Waals surface area contributed by atoms with E-state index in [-0.39, 0.29) is 46.9 Å². The SMILES string of the molecule is Cc1cccc2c1C1C3[C-]=CC=CC3C3CCC231.[Yb]. The van der Waals surface area contributed by atoms with Crippen LogP contribution in [0.4, 0.5) is 0 Å². The molecule has 0 N–H and O–H groups in total. The van der Waals surface area contributed by atoms with Crippen LogP contribution in [0.15, 0.2) is 36.4 Å². The van der Waals surface area contributed by atoms with E-state index >= 15 is 0 Å². The summed E-state index contributed by atoms with van der Waals surface area (Å²) in [6.45, 7) is 2.29. The summed E-state index contributed by atoms with van der Waals surface area (Å²) >= 11 is 0. The number of hydrogen-bond donors (Lipinski definition) is 0. The maximum atomic E-state index is 3.66. The molecular weight excluding hydrogens is 389 g/mol. The summed E-state index contributed by atoms with van der Waals surface area (Å²) in [5.74, 6) is 3.11. The Morgan fingerprint density at radius 2 is 2.21 bits per heavy atom. The van der Waals surface area contributed by atoms with Crippen LogP contribution in [0, 0.1) is 77.7 Å². The molecular formula is C18H17Yb-. The second kappa shape index (κ2) is 4.12. The van der Waals surface area contributed by atoms with Gasteiger partial charge in [-0.15, -0.1) is 0 Å². The summed E-state index contributed by atoms with van der Waals surface area (Å²) in [5.41, 5.74) is 5.41. The summed E-state index contributed by atoms with van der Waals surface area (Å²) in [5, 5.41) is 0. The van der Waals surface area contributed by atoms with Gasteiger partial charge in [-0.3, -0.25) is 6.08 Å². The third-order valence-corrected chi connectivity index (χ3v) is 6.18. The molecule has 1 aromatic rings. The van der Waals surface area contributed by atoms with Crippen molar-refractivity contribution < 1.29 is 46.9 Å². The zero-order chi connectivity index (χ0) is 11.9. The molecule has 0 bridgehead atoms. The van der Waals surface area contributed by atoms with Crippen LogP contribution >= 0.6 is 0 Å². The van der Waals surface area contributed by atoms with Gasteiger partial charge in [0.05, 0.1) is 0 Å². The molecule has 5 rings (SSSR count). The molecule has 5 unspecified atom stereocenters. The zero-order valence-electron chi connectivity index (χ0n) is 11.0. The van der Waals surface area contributed by atoms with Crippen LogP contribution in [0.1, 0.15) is 35.4 Å².